The Morgan fingerprint density at radius 3 is 1.93 bits per heavy atom. The van der Waals surface area contributed by atoms with Gasteiger partial charge in [-0.2, -0.15) is 25.3 Å². The zero-order chi connectivity index (χ0) is 11.6. The summed E-state index contributed by atoms with van der Waals surface area (Å²) in [5, 5.41) is 15.6. The number of carbonyl (C=O) groups is 2. The number of hydrogen-bond donors (Lipinski definition) is 4. The van der Waals surface area contributed by atoms with Crippen LogP contribution < -0.4 is 0 Å². The second-order valence-electron chi connectivity index (χ2n) is 2.48. The van der Waals surface area contributed by atoms with Crippen LogP contribution in [0.2, 0.25) is 0 Å². The van der Waals surface area contributed by atoms with Crippen LogP contribution in [0.5, 0.6) is 0 Å². The number of carboxylic acid groups (broad SMARTS) is 2. The highest BCUT2D eigenvalue weighted by atomic mass is 32.1. The third-order valence-corrected chi connectivity index (χ3v) is 2.12. The van der Waals surface area contributed by atoms with E-state index in [-0.39, 0.29) is 6.42 Å². The first-order valence-electron chi connectivity index (χ1n) is 4.19. The summed E-state index contributed by atoms with van der Waals surface area (Å²) in [6.45, 7) is 1.78. The molecule has 0 aromatic carbocycles. The van der Waals surface area contributed by atoms with Crippen molar-refractivity contribution in [2.24, 2.45) is 0 Å². The molecule has 0 aromatic heterocycles. The van der Waals surface area contributed by atoms with E-state index in [9.17, 15) is 9.59 Å². The second kappa shape index (κ2) is 10.7. The summed E-state index contributed by atoms with van der Waals surface area (Å²) in [5.41, 5.74) is 0. The fourth-order valence-corrected chi connectivity index (χ4v) is 0.563. The maximum absolute atomic E-state index is 9.85. The van der Waals surface area contributed by atoms with E-state index in [0.717, 1.165) is 0 Å². The Hall–Kier alpha value is -0.360. The van der Waals surface area contributed by atoms with Crippen molar-refractivity contribution in [1.29, 1.82) is 0 Å². The molecule has 0 heterocycles. The monoisotopic (exact) mass is 240 g/mol. The van der Waals surface area contributed by atoms with Gasteiger partial charge in [-0.15, -0.1) is 0 Å². The quantitative estimate of drug-likeness (QED) is 0.550. The van der Waals surface area contributed by atoms with Crippen LogP contribution in [0.15, 0.2) is 0 Å². The fourth-order valence-electron chi connectivity index (χ4n) is 0.405. The van der Waals surface area contributed by atoms with Crippen molar-refractivity contribution in [2.45, 2.75) is 31.4 Å². The molecule has 0 spiro atoms. The van der Waals surface area contributed by atoms with Crippen molar-refractivity contribution >= 4 is 37.2 Å². The van der Waals surface area contributed by atoms with Gasteiger partial charge in [0.05, 0.1) is 5.25 Å². The van der Waals surface area contributed by atoms with E-state index in [1.54, 1.807) is 6.92 Å². The predicted molar refractivity (Wildman–Crippen MR) is 61.4 cm³/mol. The molecule has 84 valence electrons. The molecule has 0 aliphatic heterocycles. The number of thiol groups is 2. The highest BCUT2D eigenvalue weighted by Gasteiger charge is 2.06. The molecular weight excluding hydrogens is 224 g/mol. The number of aliphatic carboxylic acids is 2. The molecule has 0 fully saturated rings. The van der Waals surface area contributed by atoms with Gasteiger partial charge in [-0.05, 0) is 18.6 Å². The van der Waals surface area contributed by atoms with Crippen molar-refractivity contribution in [3.05, 3.63) is 0 Å². The second-order valence-corrected chi connectivity index (χ2v) is 3.55. The van der Waals surface area contributed by atoms with Gasteiger partial charge in [-0.3, -0.25) is 9.59 Å². The van der Waals surface area contributed by atoms with Crippen molar-refractivity contribution in [3.8, 4) is 0 Å². The molecule has 2 N–H and O–H groups in total. The molecule has 0 aliphatic carbocycles. The minimum Gasteiger partial charge on any atom is -0.481 e. The van der Waals surface area contributed by atoms with E-state index >= 15 is 0 Å². The molecule has 0 saturated heterocycles. The van der Waals surface area contributed by atoms with Crippen molar-refractivity contribution in [2.75, 3.05) is 5.75 Å². The Bertz CT molecular complexity index is 173. The standard InChI is InChI=1S/2C4H8O2S/c1-2-3(7)4(5)6;5-4(6)2-1-3-7/h3,7H,2H2,1H3,(H,5,6);7H,1-3H2,(H,5,6). The van der Waals surface area contributed by atoms with Gasteiger partial charge < -0.3 is 10.2 Å². The molecule has 1 unspecified atom stereocenters. The minimum atomic E-state index is -0.842. The van der Waals surface area contributed by atoms with E-state index in [2.05, 4.69) is 25.3 Å². The molecule has 4 nitrogen and oxygen atoms in total. The van der Waals surface area contributed by atoms with Gasteiger partial charge in [-0.25, -0.2) is 0 Å². The maximum Gasteiger partial charge on any atom is 0.316 e. The highest BCUT2D eigenvalue weighted by molar-refractivity contribution is 7.81. The first kappa shape index (κ1) is 16.1. The van der Waals surface area contributed by atoms with Crippen molar-refractivity contribution in [1.82, 2.24) is 0 Å². The lowest BCUT2D eigenvalue weighted by atomic mass is 10.3. The number of hydrogen-bond acceptors (Lipinski definition) is 4. The number of rotatable bonds is 5. The SMILES string of the molecule is CCC(S)C(=O)O.O=C(O)CCCS. The number of carboxylic acids is 2. The van der Waals surface area contributed by atoms with Crippen LogP contribution in [0.1, 0.15) is 26.2 Å². The van der Waals surface area contributed by atoms with Gasteiger partial charge in [0.15, 0.2) is 0 Å². The van der Waals surface area contributed by atoms with Gasteiger partial charge in [0.1, 0.15) is 0 Å². The third kappa shape index (κ3) is 14.2. The molecule has 0 amide bonds. The highest BCUT2D eigenvalue weighted by Crippen LogP contribution is 1.97. The van der Waals surface area contributed by atoms with Gasteiger partial charge in [0.2, 0.25) is 0 Å². The van der Waals surface area contributed by atoms with E-state index in [1.165, 1.54) is 0 Å². The van der Waals surface area contributed by atoms with Crippen LogP contribution in [0.3, 0.4) is 0 Å². The molecule has 0 aliphatic rings. The van der Waals surface area contributed by atoms with Crippen LogP contribution >= 0.6 is 25.3 Å². The molecule has 0 rings (SSSR count). The molecule has 0 radical (unpaired) electrons. The summed E-state index contributed by atoms with van der Waals surface area (Å²) < 4.78 is 0. The van der Waals surface area contributed by atoms with E-state index in [4.69, 9.17) is 10.2 Å². The van der Waals surface area contributed by atoms with Gasteiger partial charge >= 0.3 is 11.9 Å². The summed E-state index contributed by atoms with van der Waals surface area (Å²) in [5.74, 6) is -0.924. The van der Waals surface area contributed by atoms with E-state index < -0.39 is 17.2 Å². The third-order valence-electron chi connectivity index (χ3n) is 1.22. The van der Waals surface area contributed by atoms with Gasteiger partial charge in [0.25, 0.3) is 0 Å². The first-order chi connectivity index (χ1) is 6.45. The summed E-state index contributed by atoms with van der Waals surface area (Å²) in [7, 11) is 0. The molecule has 1 atom stereocenters. The average Bonchev–Trinajstić information content (AvgIpc) is 2.14. The molecule has 6 heteroatoms. The Morgan fingerprint density at radius 2 is 1.86 bits per heavy atom. The van der Waals surface area contributed by atoms with Crippen molar-refractivity contribution < 1.29 is 19.8 Å². The van der Waals surface area contributed by atoms with Crippen LogP contribution in [-0.4, -0.2) is 33.2 Å². The summed E-state index contributed by atoms with van der Waals surface area (Å²) in [4.78, 5) is 19.6. The smallest absolute Gasteiger partial charge is 0.316 e. The first-order valence-corrected chi connectivity index (χ1v) is 5.34. The van der Waals surface area contributed by atoms with Crippen molar-refractivity contribution in [3.63, 3.8) is 0 Å². The predicted octanol–water partition coefficient (Wildman–Crippen LogP) is 1.56. The van der Waals surface area contributed by atoms with E-state index in [0.29, 0.717) is 18.6 Å². The Kier molecular flexibility index (Phi) is 12.3. The maximum atomic E-state index is 9.85. The zero-order valence-corrected chi connectivity index (χ0v) is 9.80. The van der Waals surface area contributed by atoms with Gasteiger partial charge in [0, 0.05) is 6.42 Å². The Morgan fingerprint density at radius 1 is 1.36 bits per heavy atom. The zero-order valence-electron chi connectivity index (χ0n) is 8.01. The Labute approximate surface area is 94.5 Å². The molecular formula is C8H16O4S2. The van der Waals surface area contributed by atoms with Crippen LogP contribution in [0, 0.1) is 0 Å². The normalized spacial score (nSPS) is 11.1. The van der Waals surface area contributed by atoms with Gasteiger partial charge in [-0.1, -0.05) is 6.92 Å². The molecule has 0 saturated carbocycles. The fraction of sp³-hybridized carbons (Fsp3) is 0.750. The lowest BCUT2D eigenvalue weighted by molar-refractivity contribution is -0.137. The Balaban J connectivity index is 0. The lowest BCUT2D eigenvalue weighted by Crippen LogP contribution is -2.10. The molecule has 0 bridgehead atoms. The largest absolute Gasteiger partial charge is 0.481 e. The average molecular weight is 240 g/mol. The summed E-state index contributed by atoms with van der Waals surface area (Å²) in [6, 6.07) is 0. The van der Waals surface area contributed by atoms with E-state index in [1.807, 2.05) is 0 Å². The summed E-state index contributed by atoms with van der Waals surface area (Å²) >= 11 is 7.56. The summed E-state index contributed by atoms with van der Waals surface area (Å²) in [6.07, 6.45) is 1.49. The van der Waals surface area contributed by atoms with Crippen LogP contribution in [-0.2, 0) is 9.59 Å². The minimum absolute atomic E-state index is 0.240. The molecule has 0 aromatic rings. The van der Waals surface area contributed by atoms with Crippen LogP contribution in [0.25, 0.3) is 0 Å². The topological polar surface area (TPSA) is 74.6 Å². The molecule has 14 heavy (non-hydrogen) atoms. The lowest BCUT2D eigenvalue weighted by Gasteiger charge is -1.95. The van der Waals surface area contributed by atoms with Crippen LogP contribution in [0.4, 0.5) is 0 Å².